The summed E-state index contributed by atoms with van der Waals surface area (Å²) in [7, 11) is -3.56. The van der Waals surface area contributed by atoms with Crippen LogP contribution < -0.4 is 0 Å². The SMILES string of the molecule is O=S(=O)(C=Cc1ccccc1)OC1CCCCC1. The zero-order chi connectivity index (χ0) is 12.8. The van der Waals surface area contributed by atoms with Crippen LogP contribution in [-0.4, -0.2) is 14.5 Å². The second-order valence-corrected chi connectivity index (χ2v) is 6.01. The van der Waals surface area contributed by atoms with Crippen LogP contribution in [0.1, 0.15) is 37.7 Å². The highest BCUT2D eigenvalue weighted by atomic mass is 32.2. The van der Waals surface area contributed by atoms with Gasteiger partial charge in [0.25, 0.3) is 10.1 Å². The van der Waals surface area contributed by atoms with Crippen molar-refractivity contribution in [2.24, 2.45) is 0 Å². The predicted molar refractivity (Wildman–Crippen MR) is 72.4 cm³/mol. The third-order valence-electron chi connectivity index (χ3n) is 3.05. The van der Waals surface area contributed by atoms with Crippen LogP contribution in [0.4, 0.5) is 0 Å². The molecule has 1 aliphatic carbocycles. The Balaban J connectivity index is 1.96. The maximum atomic E-state index is 11.8. The van der Waals surface area contributed by atoms with Crippen molar-refractivity contribution in [3.8, 4) is 0 Å². The number of rotatable bonds is 4. The lowest BCUT2D eigenvalue weighted by atomic mass is 9.98. The third kappa shape index (κ3) is 4.27. The minimum atomic E-state index is -3.56. The summed E-state index contributed by atoms with van der Waals surface area (Å²) in [6, 6.07) is 9.34. The van der Waals surface area contributed by atoms with Gasteiger partial charge >= 0.3 is 0 Å². The Morgan fingerprint density at radius 1 is 1.06 bits per heavy atom. The number of hydrogen-bond donors (Lipinski definition) is 0. The summed E-state index contributed by atoms with van der Waals surface area (Å²) in [5.41, 5.74) is 0.855. The number of benzene rings is 1. The molecule has 1 aromatic rings. The molecule has 0 aliphatic heterocycles. The van der Waals surface area contributed by atoms with Gasteiger partial charge in [0.15, 0.2) is 0 Å². The molecule has 18 heavy (non-hydrogen) atoms. The lowest BCUT2D eigenvalue weighted by molar-refractivity contribution is 0.165. The van der Waals surface area contributed by atoms with E-state index in [9.17, 15) is 8.42 Å². The molecule has 0 bridgehead atoms. The second-order valence-electron chi connectivity index (χ2n) is 4.56. The van der Waals surface area contributed by atoms with Crippen molar-refractivity contribution in [2.75, 3.05) is 0 Å². The highest BCUT2D eigenvalue weighted by Gasteiger charge is 2.19. The normalized spacial score (nSPS) is 18.2. The second kappa shape index (κ2) is 6.16. The summed E-state index contributed by atoms with van der Waals surface area (Å²) in [6.07, 6.45) is 6.42. The Bertz CT molecular complexity index is 485. The van der Waals surface area contributed by atoms with E-state index in [1.807, 2.05) is 30.3 Å². The summed E-state index contributed by atoms with van der Waals surface area (Å²) >= 11 is 0. The van der Waals surface area contributed by atoms with E-state index < -0.39 is 10.1 Å². The summed E-state index contributed by atoms with van der Waals surface area (Å²) in [4.78, 5) is 0. The molecule has 0 radical (unpaired) electrons. The first-order valence-corrected chi connectivity index (χ1v) is 7.79. The fraction of sp³-hybridized carbons (Fsp3) is 0.429. The average molecular weight is 266 g/mol. The minimum Gasteiger partial charge on any atom is -0.263 e. The van der Waals surface area contributed by atoms with Crippen LogP contribution in [0.5, 0.6) is 0 Å². The van der Waals surface area contributed by atoms with E-state index in [-0.39, 0.29) is 6.10 Å². The largest absolute Gasteiger partial charge is 0.290 e. The standard InChI is InChI=1S/C14H18O3S/c15-18(16,17-14-9-5-2-6-10-14)12-11-13-7-3-1-4-8-13/h1,3-4,7-8,11-12,14H,2,5-6,9-10H2. The molecule has 1 aromatic carbocycles. The lowest BCUT2D eigenvalue weighted by Crippen LogP contribution is -2.19. The summed E-state index contributed by atoms with van der Waals surface area (Å²) in [6.45, 7) is 0. The monoisotopic (exact) mass is 266 g/mol. The van der Waals surface area contributed by atoms with Crippen molar-refractivity contribution in [1.29, 1.82) is 0 Å². The van der Waals surface area contributed by atoms with Gasteiger partial charge < -0.3 is 0 Å². The first kappa shape index (κ1) is 13.3. The van der Waals surface area contributed by atoms with E-state index in [1.54, 1.807) is 6.08 Å². The van der Waals surface area contributed by atoms with E-state index in [0.29, 0.717) is 0 Å². The van der Waals surface area contributed by atoms with E-state index in [2.05, 4.69) is 0 Å². The quantitative estimate of drug-likeness (QED) is 0.785. The molecule has 0 spiro atoms. The van der Waals surface area contributed by atoms with Crippen molar-refractivity contribution in [1.82, 2.24) is 0 Å². The Labute approximate surface area is 109 Å². The van der Waals surface area contributed by atoms with Gasteiger partial charge in [0.2, 0.25) is 0 Å². The lowest BCUT2D eigenvalue weighted by Gasteiger charge is -2.20. The first-order valence-electron chi connectivity index (χ1n) is 6.32. The van der Waals surface area contributed by atoms with Crippen molar-refractivity contribution in [2.45, 2.75) is 38.2 Å². The van der Waals surface area contributed by atoms with E-state index in [1.165, 1.54) is 6.42 Å². The van der Waals surface area contributed by atoms with Crippen molar-refractivity contribution in [3.05, 3.63) is 41.3 Å². The van der Waals surface area contributed by atoms with Crippen molar-refractivity contribution >= 4 is 16.2 Å². The van der Waals surface area contributed by atoms with Gasteiger partial charge in [-0.1, -0.05) is 49.6 Å². The molecule has 0 aromatic heterocycles. The van der Waals surface area contributed by atoms with Gasteiger partial charge in [-0.25, -0.2) is 0 Å². The van der Waals surface area contributed by atoms with Gasteiger partial charge in [-0.05, 0) is 24.5 Å². The van der Waals surface area contributed by atoms with E-state index in [0.717, 1.165) is 36.7 Å². The fourth-order valence-electron chi connectivity index (χ4n) is 2.11. The molecule has 0 N–H and O–H groups in total. The predicted octanol–water partition coefficient (Wildman–Crippen LogP) is 3.34. The van der Waals surface area contributed by atoms with Crippen LogP contribution in [0, 0.1) is 0 Å². The fourth-order valence-corrected chi connectivity index (χ4v) is 3.07. The Kier molecular flexibility index (Phi) is 4.55. The zero-order valence-corrected chi connectivity index (χ0v) is 11.1. The molecule has 0 heterocycles. The van der Waals surface area contributed by atoms with Gasteiger partial charge in [0, 0.05) is 0 Å². The molecule has 1 aliphatic rings. The van der Waals surface area contributed by atoms with Crippen LogP contribution in [0.2, 0.25) is 0 Å². The smallest absolute Gasteiger partial charge is 0.263 e. The van der Waals surface area contributed by atoms with E-state index in [4.69, 9.17) is 4.18 Å². The van der Waals surface area contributed by atoms with Gasteiger partial charge in [-0.15, -0.1) is 0 Å². The topological polar surface area (TPSA) is 43.4 Å². The van der Waals surface area contributed by atoms with Crippen LogP contribution >= 0.6 is 0 Å². The molecule has 0 unspecified atom stereocenters. The van der Waals surface area contributed by atoms with Crippen LogP contribution in [0.15, 0.2) is 35.7 Å². The highest BCUT2D eigenvalue weighted by molar-refractivity contribution is 7.89. The molecule has 2 rings (SSSR count). The van der Waals surface area contributed by atoms with Crippen LogP contribution in [-0.2, 0) is 14.3 Å². The molecule has 3 nitrogen and oxygen atoms in total. The summed E-state index contributed by atoms with van der Waals surface area (Å²) in [5.74, 6) is 0. The number of hydrogen-bond acceptors (Lipinski definition) is 3. The maximum absolute atomic E-state index is 11.8. The summed E-state index contributed by atoms with van der Waals surface area (Å²) < 4.78 is 28.7. The summed E-state index contributed by atoms with van der Waals surface area (Å²) in [5, 5.41) is 1.15. The van der Waals surface area contributed by atoms with Crippen molar-refractivity contribution in [3.63, 3.8) is 0 Å². The first-order chi connectivity index (χ1) is 8.66. The molecular weight excluding hydrogens is 248 g/mol. The van der Waals surface area contributed by atoms with Crippen molar-refractivity contribution < 1.29 is 12.6 Å². The molecule has 4 heteroatoms. The molecule has 0 atom stereocenters. The molecular formula is C14H18O3S. The maximum Gasteiger partial charge on any atom is 0.290 e. The van der Waals surface area contributed by atoms with E-state index >= 15 is 0 Å². The van der Waals surface area contributed by atoms with Gasteiger partial charge in [0.05, 0.1) is 11.5 Å². The molecule has 1 fully saturated rings. The molecule has 0 amide bonds. The van der Waals surface area contributed by atoms with Crippen LogP contribution in [0.25, 0.3) is 6.08 Å². The Hall–Kier alpha value is -1.13. The van der Waals surface area contributed by atoms with Gasteiger partial charge in [-0.2, -0.15) is 8.42 Å². The van der Waals surface area contributed by atoms with Crippen LogP contribution in [0.3, 0.4) is 0 Å². The molecule has 1 saturated carbocycles. The minimum absolute atomic E-state index is 0.135. The van der Waals surface area contributed by atoms with Gasteiger partial charge in [0.1, 0.15) is 0 Å². The Morgan fingerprint density at radius 3 is 2.39 bits per heavy atom. The Morgan fingerprint density at radius 2 is 1.72 bits per heavy atom. The average Bonchev–Trinajstić information content (AvgIpc) is 2.38. The third-order valence-corrected chi connectivity index (χ3v) is 4.06. The molecule has 0 saturated heterocycles. The van der Waals surface area contributed by atoms with Gasteiger partial charge in [-0.3, -0.25) is 4.18 Å². The zero-order valence-electron chi connectivity index (χ0n) is 10.3. The molecule has 98 valence electrons. The highest BCUT2D eigenvalue weighted by Crippen LogP contribution is 2.22.